The van der Waals surface area contributed by atoms with Crippen LogP contribution in [0.3, 0.4) is 0 Å². The van der Waals surface area contributed by atoms with Crippen molar-refractivity contribution in [1.29, 1.82) is 10.5 Å². The molecular formula is C17H14N4O3S. The smallest absolute Gasteiger partial charge is 0.261 e. The fraction of sp³-hybridized carbons (Fsp3) is 0.118. The molecule has 2 rings (SSSR count). The van der Waals surface area contributed by atoms with E-state index in [1.807, 2.05) is 12.1 Å². The Morgan fingerprint density at radius 1 is 0.960 bits per heavy atom. The monoisotopic (exact) mass is 354 g/mol. The summed E-state index contributed by atoms with van der Waals surface area (Å²) in [6.45, 7) is -0.399. The molecule has 0 atom stereocenters. The van der Waals surface area contributed by atoms with Crippen LogP contribution < -0.4 is 4.72 Å². The summed E-state index contributed by atoms with van der Waals surface area (Å²) in [4.78, 5) is 13.5. The summed E-state index contributed by atoms with van der Waals surface area (Å²) >= 11 is 0. The van der Waals surface area contributed by atoms with Gasteiger partial charge in [0.1, 0.15) is 13.1 Å². The molecule has 2 aromatic rings. The lowest BCUT2D eigenvalue weighted by Gasteiger charge is -2.16. The standard InChI is InChI=1S/C17H14N4O3S/c18-10-12-21(13-11-19)17(22)14-6-8-15(9-7-14)20-25(23,24)16-4-2-1-3-5-16/h1-9,20H,12-13H2. The second kappa shape index (κ2) is 7.95. The van der Waals surface area contributed by atoms with Gasteiger partial charge in [-0.15, -0.1) is 0 Å². The van der Waals surface area contributed by atoms with E-state index >= 15 is 0 Å². The largest absolute Gasteiger partial charge is 0.312 e. The molecule has 2 aromatic carbocycles. The third kappa shape index (κ3) is 4.56. The van der Waals surface area contributed by atoms with Crippen LogP contribution in [0.25, 0.3) is 0 Å². The highest BCUT2D eigenvalue weighted by molar-refractivity contribution is 7.92. The molecule has 126 valence electrons. The molecule has 0 aliphatic carbocycles. The number of benzene rings is 2. The maximum absolute atomic E-state index is 12.2. The molecule has 0 unspecified atom stereocenters. The van der Waals surface area contributed by atoms with E-state index in [0.29, 0.717) is 5.69 Å². The van der Waals surface area contributed by atoms with Gasteiger partial charge in [0.25, 0.3) is 15.9 Å². The van der Waals surface area contributed by atoms with Gasteiger partial charge in [0.15, 0.2) is 0 Å². The zero-order valence-corrected chi connectivity index (χ0v) is 13.9. The summed E-state index contributed by atoms with van der Waals surface area (Å²) < 4.78 is 26.9. The number of hydrogen-bond donors (Lipinski definition) is 1. The maximum atomic E-state index is 12.2. The van der Waals surface area contributed by atoms with Crippen LogP contribution in [0, 0.1) is 22.7 Å². The van der Waals surface area contributed by atoms with Crippen LogP contribution >= 0.6 is 0 Å². The lowest BCUT2D eigenvalue weighted by atomic mass is 10.2. The zero-order chi connectivity index (χ0) is 18.3. The molecule has 8 heteroatoms. The number of carbonyl (C=O) groups is 1. The highest BCUT2D eigenvalue weighted by Crippen LogP contribution is 2.17. The molecule has 0 fully saturated rings. The molecule has 0 saturated carbocycles. The van der Waals surface area contributed by atoms with Crippen LogP contribution in [0.15, 0.2) is 59.5 Å². The number of carbonyl (C=O) groups excluding carboxylic acids is 1. The summed E-state index contributed by atoms with van der Waals surface area (Å²) in [5, 5.41) is 17.4. The van der Waals surface area contributed by atoms with Gasteiger partial charge in [0.2, 0.25) is 0 Å². The molecule has 0 bridgehead atoms. The summed E-state index contributed by atoms with van der Waals surface area (Å²) in [5.41, 5.74) is 0.556. The van der Waals surface area contributed by atoms with Crippen LogP contribution in [0.2, 0.25) is 0 Å². The van der Waals surface area contributed by atoms with E-state index in [-0.39, 0.29) is 23.5 Å². The second-order valence-electron chi connectivity index (χ2n) is 4.97. The molecule has 0 radical (unpaired) electrons. The van der Waals surface area contributed by atoms with Crippen molar-refractivity contribution in [3.05, 3.63) is 60.2 Å². The molecule has 0 spiro atoms. The summed E-state index contributed by atoms with van der Waals surface area (Å²) in [6.07, 6.45) is 0. The number of rotatable bonds is 6. The van der Waals surface area contributed by atoms with E-state index < -0.39 is 15.9 Å². The fourth-order valence-corrected chi connectivity index (χ4v) is 3.13. The molecule has 7 nitrogen and oxygen atoms in total. The quantitative estimate of drug-likeness (QED) is 0.797. The molecular weight excluding hydrogens is 340 g/mol. The molecule has 0 aliphatic rings. The van der Waals surface area contributed by atoms with Crippen molar-refractivity contribution >= 4 is 21.6 Å². The third-order valence-corrected chi connectivity index (χ3v) is 4.65. The molecule has 0 aromatic heterocycles. The Morgan fingerprint density at radius 2 is 1.52 bits per heavy atom. The second-order valence-corrected chi connectivity index (χ2v) is 6.66. The number of amides is 1. The SMILES string of the molecule is N#CCN(CC#N)C(=O)c1ccc(NS(=O)(=O)c2ccccc2)cc1. The van der Waals surface area contributed by atoms with Crippen molar-refractivity contribution < 1.29 is 13.2 Å². The Hall–Kier alpha value is -3.36. The van der Waals surface area contributed by atoms with Crippen molar-refractivity contribution in [1.82, 2.24) is 4.90 Å². The van der Waals surface area contributed by atoms with Crippen LogP contribution in [-0.2, 0) is 10.0 Å². The number of nitrogens with zero attached hydrogens (tertiary/aromatic N) is 3. The Balaban J connectivity index is 2.16. The Morgan fingerprint density at radius 3 is 2.04 bits per heavy atom. The van der Waals surface area contributed by atoms with Gasteiger partial charge in [0, 0.05) is 11.3 Å². The van der Waals surface area contributed by atoms with E-state index in [1.165, 1.54) is 36.4 Å². The van der Waals surface area contributed by atoms with Crippen LogP contribution in [0.1, 0.15) is 10.4 Å². The normalized spacial score (nSPS) is 10.3. The van der Waals surface area contributed by atoms with Crippen molar-refractivity contribution in [2.75, 3.05) is 17.8 Å². The maximum Gasteiger partial charge on any atom is 0.261 e. The average molecular weight is 354 g/mol. The Bertz CT molecular complexity index is 911. The lowest BCUT2D eigenvalue weighted by molar-refractivity contribution is 0.0794. The van der Waals surface area contributed by atoms with E-state index in [2.05, 4.69) is 4.72 Å². The minimum atomic E-state index is -3.71. The van der Waals surface area contributed by atoms with Crippen LogP contribution in [0.4, 0.5) is 5.69 Å². The first-order chi connectivity index (χ1) is 12.0. The fourth-order valence-electron chi connectivity index (χ4n) is 2.05. The first kappa shape index (κ1) is 18.0. The van der Waals surface area contributed by atoms with E-state index in [9.17, 15) is 13.2 Å². The van der Waals surface area contributed by atoms with Crippen LogP contribution in [-0.4, -0.2) is 32.3 Å². The van der Waals surface area contributed by atoms with Crippen molar-refractivity contribution in [3.63, 3.8) is 0 Å². The first-order valence-corrected chi connectivity index (χ1v) is 8.67. The van der Waals surface area contributed by atoms with E-state index in [0.717, 1.165) is 4.90 Å². The Labute approximate surface area is 145 Å². The number of anilines is 1. The molecule has 0 aliphatic heterocycles. The van der Waals surface area contributed by atoms with Gasteiger partial charge in [-0.05, 0) is 36.4 Å². The van der Waals surface area contributed by atoms with Crippen molar-refractivity contribution in [2.45, 2.75) is 4.90 Å². The lowest BCUT2D eigenvalue weighted by Crippen LogP contribution is -2.31. The third-order valence-electron chi connectivity index (χ3n) is 3.25. The number of nitrogens with one attached hydrogen (secondary N) is 1. The van der Waals surface area contributed by atoms with E-state index in [1.54, 1.807) is 18.2 Å². The number of sulfonamides is 1. The minimum Gasteiger partial charge on any atom is -0.312 e. The van der Waals surface area contributed by atoms with Gasteiger partial charge in [-0.2, -0.15) is 10.5 Å². The number of nitriles is 2. The van der Waals surface area contributed by atoms with E-state index in [4.69, 9.17) is 10.5 Å². The van der Waals surface area contributed by atoms with Gasteiger partial charge in [0.05, 0.1) is 17.0 Å². The molecule has 0 heterocycles. The molecule has 0 saturated heterocycles. The molecule has 25 heavy (non-hydrogen) atoms. The van der Waals surface area contributed by atoms with Gasteiger partial charge in [-0.25, -0.2) is 8.42 Å². The van der Waals surface area contributed by atoms with Crippen LogP contribution in [0.5, 0.6) is 0 Å². The van der Waals surface area contributed by atoms with Crippen molar-refractivity contribution in [3.8, 4) is 12.1 Å². The minimum absolute atomic E-state index is 0.129. The topological polar surface area (TPSA) is 114 Å². The van der Waals surface area contributed by atoms with Gasteiger partial charge in [-0.3, -0.25) is 9.52 Å². The highest BCUT2D eigenvalue weighted by atomic mass is 32.2. The van der Waals surface area contributed by atoms with Gasteiger partial charge < -0.3 is 4.90 Å². The molecule has 1 N–H and O–H groups in total. The summed E-state index contributed by atoms with van der Waals surface area (Å²) in [7, 11) is -3.71. The average Bonchev–Trinajstić information content (AvgIpc) is 2.62. The zero-order valence-electron chi connectivity index (χ0n) is 13.1. The summed E-state index contributed by atoms with van der Waals surface area (Å²) in [6, 6.07) is 17.3. The van der Waals surface area contributed by atoms with Gasteiger partial charge >= 0.3 is 0 Å². The predicted octanol–water partition coefficient (Wildman–Crippen LogP) is 1.98. The Kier molecular flexibility index (Phi) is 5.72. The molecule has 1 amide bonds. The number of hydrogen-bond acceptors (Lipinski definition) is 5. The highest BCUT2D eigenvalue weighted by Gasteiger charge is 2.16. The first-order valence-electron chi connectivity index (χ1n) is 7.19. The summed E-state index contributed by atoms with van der Waals surface area (Å²) in [5.74, 6) is -0.472. The predicted molar refractivity (Wildman–Crippen MR) is 90.8 cm³/mol. The van der Waals surface area contributed by atoms with Crippen molar-refractivity contribution in [2.24, 2.45) is 0 Å². The van der Waals surface area contributed by atoms with Gasteiger partial charge in [-0.1, -0.05) is 18.2 Å².